The first-order valence-electron chi connectivity index (χ1n) is 8.95. The van der Waals surface area contributed by atoms with Crippen molar-refractivity contribution in [2.45, 2.75) is 64.1 Å². The van der Waals surface area contributed by atoms with Crippen molar-refractivity contribution in [3.05, 3.63) is 0 Å². The Bertz CT molecular complexity index is 345. The highest BCUT2D eigenvalue weighted by atomic mass is 16.5. The maximum atomic E-state index is 12.7. The van der Waals surface area contributed by atoms with Crippen LogP contribution in [0.5, 0.6) is 0 Å². The van der Waals surface area contributed by atoms with Gasteiger partial charge in [0.05, 0.1) is 18.8 Å². The summed E-state index contributed by atoms with van der Waals surface area (Å²) in [7, 11) is 2.12. The third-order valence-electron chi connectivity index (χ3n) is 5.00. The molecule has 0 aromatic rings. The number of amides is 1. The fourth-order valence-electron chi connectivity index (χ4n) is 3.62. The van der Waals surface area contributed by atoms with Crippen LogP contribution in [0.25, 0.3) is 0 Å². The summed E-state index contributed by atoms with van der Waals surface area (Å²) in [6.45, 7) is 8.37. The molecule has 128 valence electrons. The lowest BCUT2D eigenvalue weighted by Crippen LogP contribution is -2.52. The highest BCUT2D eigenvalue weighted by Crippen LogP contribution is 2.23. The number of hydrogen-bond donors (Lipinski definition) is 1. The molecule has 2 unspecified atom stereocenters. The fourth-order valence-corrected chi connectivity index (χ4v) is 3.62. The lowest BCUT2D eigenvalue weighted by Gasteiger charge is -2.36. The zero-order chi connectivity index (χ0) is 15.9. The van der Waals surface area contributed by atoms with Gasteiger partial charge in [0.2, 0.25) is 5.91 Å². The van der Waals surface area contributed by atoms with Gasteiger partial charge in [0, 0.05) is 32.2 Å². The summed E-state index contributed by atoms with van der Waals surface area (Å²) < 4.78 is 5.75. The van der Waals surface area contributed by atoms with E-state index < -0.39 is 0 Å². The zero-order valence-corrected chi connectivity index (χ0v) is 14.5. The van der Waals surface area contributed by atoms with Gasteiger partial charge in [-0.05, 0) is 33.7 Å². The Morgan fingerprint density at radius 2 is 2.09 bits per heavy atom. The van der Waals surface area contributed by atoms with Gasteiger partial charge in [0.15, 0.2) is 0 Å². The molecule has 1 aliphatic heterocycles. The van der Waals surface area contributed by atoms with Crippen LogP contribution >= 0.6 is 0 Å². The number of nitrogens with one attached hydrogen (secondary N) is 1. The molecule has 0 bridgehead atoms. The van der Waals surface area contributed by atoms with Crippen LogP contribution in [0.2, 0.25) is 0 Å². The molecule has 22 heavy (non-hydrogen) atoms. The van der Waals surface area contributed by atoms with Crippen molar-refractivity contribution in [3.8, 4) is 0 Å². The predicted molar refractivity (Wildman–Crippen MR) is 89.0 cm³/mol. The molecular formula is C17H33N3O2. The smallest absolute Gasteiger partial charge is 0.239 e. The Labute approximate surface area is 135 Å². The number of morpholine rings is 1. The second kappa shape index (κ2) is 8.85. The first kappa shape index (κ1) is 17.7. The molecule has 0 radical (unpaired) electrons. The van der Waals surface area contributed by atoms with E-state index in [1.54, 1.807) is 0 Å². The topological polar surface area (TPSA) is 44.8 Å². The first-order valence-corrected chi connectivity index (χ1v) is 8.95. The van der Waals surface area contributed by atoms with Crippen LogP contribution in [0.4, 0.5) is 0 Å². The second-order valence-corrected chi connectivity index (χ2v) is 6.80. The Balaban J connectivity index is 1.79. The molecule has 1 amide bonds. The maximum Gasteiger partial charge on any atom is 0.239 e. The van der Waals surface area contributed by atoms with Crippen molar-refractivity contribution >= 4 is 5.91 Å². The maximum absolute atomic E-state index is 12.7. The van der Waals surface area contributed by atoms with E-state index in [-0.39, 0.29) is 18.1 Å². The van der Waals surface area contributed by atoms with Gasteiger partial charge in [-0.25, -0.2) is 0 Å². The van der Waals surface area contributed by atoms with Crippen LogP contribution in [0.15, 0.2) is 0 Å². The van der Waals surface area contributed by atoms with Crippen LogP contribution in [-0.2, 0) is 9.53 Å². The standard InChI is InChI=1S/C17H33N3O2/c1-4-20(15-8-6-5-7-9-15)17(21)14(2)18-12-16-13-19(3)10-11-22-16/h14-16,18H,4-13H2,1-3H3. The van der Waals surface area contributed by atoms with E-state index in [1.165, 1.54) is 32.1 Å². The summed E-state index contributed by atoms with van der Waals surface area (Å²) in [6.07, 6.45) is 6.38. The molecule has 1 aliphatic carbocycles. The second-order valence-electron chi connectivity index (χ2n) is 6.80. The zero-order valence-electron chi connectivity index (χ0n) is 14.5. The van der Waals surface area contributed by atoms with E-state index in [0.717, 1.165) is 32.8 Å². The van der Waals surface area contributed by atoms with E-state index in [1.807, 2.05) is 6.92 Å². The molecular weight excluding hydrogens is 278 g/mol. The van der Waals surface area contributed by atoms with Gasteiger partial charge in [-0.15, -0.1) is 0 Å². The number of nitrogens with zero attached hydrogens (tertiary/aromatic N) is 2. The Hall–Kier alpha value is -0.650. The molecule has 0 aromatic carbocycles. The summed E-state index contributed by atoms with van der Waals surface area (Å²) in [4.78, 5) is 17.1. The molecule has 1 N–H and O–H groups in total. The number of rotatable bonds is 6. The van der Waals surface area contributed by atoms with Crippen LogP contribution < -0.4 is 5.32 Å². The van der Waals surface area contributed by atoms with Gasteiger partial charge >= 0.3 is 0 Å². The quantitative estimate of drug-likeness (QED) is 0.807. The summed E-state index contributed by atoms with van der Waals surface area (Å²) in [5.74, 6) is 0.249. The molecule has 2 fully saturated rings. The number of ether oxygens (including phenoxy) is 1. The largest absolute Gasteiger partial charge is 0.374 e. The molecule has 1 saturated heterocycles. The lowest BCUT2D eigenvalue weighted by atomic mass is 9.94. The number of carbonyl (C=O) groups excluding carboxylic acids is 1. The van der Waals surface area contributed by atoms with Gasteiger partial charge in [-0.2, -0.15) is 0 Å². The van der Waals surface area contributed by atoms with Gasteiger partial charge in [0.25, 0.3) is 0 Å². The Kier molecular flexibility index (Phi) is 7.12. The van der Waals surface area contributed by atoms with Gasteiger partial charge < -0.3 is 19.9 Å². The van der Waals surface area contributed by atoms with Crippen LogP contribution in [0.3, 0.4) is 0 Å². The minimum atomic E-state index is -0.127. The lowest BCUT2D eigenvalue weighted by molar-refractivity contribution is -0.136. The summed E-state index contributed by atoms with van der Waals surface area (Å²) >= 11 is 0. The highest BCUT2D eigenvalue weighted by molar-refractivity contribution is 5.81. The van der Waals surface area contributed by atoms with Crippen LogP contribution in [-0.4, -0.2) is 73.7 Å². The fraction of sp³-hybridized carbons (Fsp3) is 0.941. The first-order chi connectivity index (χ1) is 10.6. The minimum Gasteiger partial charge on any atom is -0.374 e. The van der Waals surface area contributed by atoms with Crippen molar-refractivity contribution in [1.29, 1.82) is 0 Å². The highest BCUT2D eigenvalue weighted by Gasteiger charge is 2.28. The van der Waals surface area contributed by atoms with E-state index >= 15 is 0 Å². The SMILES string of the molecule is CCN(C(=O)C(C)NCC1CN(C)CCO1)C1CCCCC1. The molecule has 0 spiro atoms. The Morgan fingerprint density at radius 1 is 1.36 bits per heavy atom. The van der Waals surface area contributed by atoms with E-state index in [4.69, 9.17) is 4.74 Å². The van der Waals surface area contributed by atoms with Gasteiger partial charge in [0.1, 0.15) is 0 Å². The van der Waals surface area contributed by atoms with Crippen molar-refractivity contribution < 1.29 is 9.53 Å². The molecule has 0 aromatic heterocycles. The third kappa shape index (κ3) is 4.93. The van der Waals surface area contributed by atoms with Gasteiger partial charge in [-0.3, -0.25) is 4.79 Å². The van der Waals surface area contributed by atoms with E-state index in [2.05, 4.69) is 29.1 Å². The molecule has 2 rings (SSSR count). The molecule has 1 saturated carbocycles. The van der Waals surface area contributed by atoms with Crippen LogP contribution in [0, 0.1) is 0 Å². The summed E-state index contributed by atoms with van der Waals surface area (Å²) in [5.41, 5.74) is 0. The van der Waals surface area contributed by atoms with Gasteiger partial charge in [-0.1, -0.05) is 19.3 Å². The Morgan fingerprint density at radius 3 is 2.73 bits per heavy atom. The van der Waals surface area contributed by atoms with E-state index in [9.17, 15) is 4.79 Å². The number of carbonyl (C=O) groups is 1. The van der Waals surface area contributed by atoms with Crippen molar-refractivity contribution in [2.75, 3.05) is 39.8 Å². The van der Waals surface area contributed by atoms with Crippen molar-refractivity contribution in [2.24, 2.45) is 0 Å². The monoisotopic (exact) mass is 311 g/mol. The van der Waals surface area contributed by atoms with Crippen molar-refractivity contribution in [1.82, 2.24) is 15.1 Å². The number of hydrogen-bond acceptors (Lipinski definition) is 4. The molecule has 2 atom stereocenters. The molecule has 5 nitrogen and oxygen atoms in total. The minimum absolute atomic E-state index is 0.127. The average Bonchev–Trinajstić information content (AvgIpc) is 2.54. The summed E-state index contributed by atoms with van der Waals surface area (Å²) in [6, 6.07) is 0.324. The number of likely N-dealkylation sites (N-methyl/N-ethyl adjacent to an activating group) is 2. The van der Waals surface area contributed by atoms with Crippen molar-refractivity contribution in [3.63, 3.8) is 0 Å². The van der Waals surface area contributed by atoms with E-state index in [0.29, 0.717) is 6.04 Å². The molecule has 2 aliphatic rings. The normalized spacial score (nSPS) is 25.9. The molecule has 5 heteroatoms. The molecule has 1 heterocycles. The van der Waals surface area contributed by atoms with Crippen LogP contribution in [0.1, 0.15) is 46.0 Å². The average molecular weight is 311 g/mol. The predicted octanol–water partition coefficient (Wildman–Crippen LogP) is 1.48. The summed E-state index contributed by atoms with van der Waals surface area (Å²) in [5, 5.41) is 3.38. The third-order valence-corrected chi connectivity index (χ3v) is 5.00.